The Hall–Kier alpha value is -1.59. The molecule has 1 heterocycles. The van der Waals surface area contributed by atoms with E-state index in [4.69, 9.17) is 17.3 Å². The first kappa shape index (κ1) is 11.9. The monoisotopic (exact) mass is 253 g/mol. The highest BCUT2D eigenvalue weighted by Crippen LogP contribution is 2.32. The molecule has 0 spiro atoms. The number of rotatable bonds is 4. The highest BCUT2D eigenvalue weighted by molar-refractivity contribution is 6.31. The number of carbonyl (C=O) groups excluding carboxylic acids is 2. The summed E-state index contributed by atoms with van der Waals surface area (Å²) in [6.45, 7) is 0.360. The Bertz CT molecular complexity index is 476. The lowest BCUT2D eigenvalue weighted by atomic mass is 10.1. The van der Waals surface area contributed by atoms with Crippen LogP contribution >= 0.6 is 11.6 Å². The smallest absolute Gasteiger partial charge is 0.246 e. The summed E-state index contributed by atoms with van der Waals surface area (Å²) < 4.78 is 0. The van der Waals surface area contributed by atoms with Crippen LogP contribution in [0.15, 0.2) is 18.2 Å². The van der Waals surface area contributed by atoms with Crippen LogP contribution in [0.3, 0.4) is 0 Å². The molecule has 1 unspecified atom stereocenters. The van der Waals surface area contributed by atoms with Gasteiger partial charge in [0.05, 0.1) is 0 Å². The van der Waals surface area contributed by atoms with Gasteiger partial charge in [0.1, 0.15) is 6.04 Å². The molecular weight excluding hydrogens is 242 g/mol. The summed E-state index contributed by atoms with van der Waals surface area (Å²) in [5.41, 5.74) is 6.57. The van der Waals surface area contributed by atoms with Crippen molar-refractivity contribution >= 4 is 29.1 Å². The van der Waals surface area contributed by atoms with Crippen molar-refractivity contribution in [2.75, 3.05) is 11.9 Å². The molecule has 0 saturated carbocycles. The topological polar surface area (TPSA) is 84.2 Å². The summed E-state index contributed by atoms with van der Waals surface area (Å²) in [6, 6.07) is 4.73. The molecule has 0 aromatic heterocycles. The summed E-state index contributed by atoms with van der Waals surface area (Å²) >= 11 is 5.88. The molecule has 1 aromatic carbocycles. The van der Waals surface area contributed by atoms with Crippen molar-refractivity contribution in [2.45, 2.75) is 12.5 Å². The summed E-state index contributed by atoms with van der Waals surface area (Å²) in [5, 5.41) is 6.28. The first-order chi connectivity index (χ1) is 8.08. The van der Waals surface area contributed by atoms with Gasteiger partial charge in [0.15, 0.2) is 0 Å². The number of primary amides is 1. The fourth-order valence-corrected chi connectivity index (χ4v) is 1.96. The van der Waals surface area contributed by atoms with Gasteiger partial charge in [-0.15, -0.1) is 0 Å². The van der Waals surface area contributed by atoms with E-state index in [1.54, 1.807) is 18.2 Å². The van der Waals surface area contributed by atoms with Crippen LogP contribution in [0.4, 0.5) is 5.69 Å². The van der Waals surface area contributed by atoms with Gasteiger partial charge in [-0.1, -0.05) is 11.6 Å². The molecule has 1 atom stereocenters. The molecule has 0 aliphatic carbocycles. The molecule has 0 fully saturated rings. The predicted octanol–water partition coefficient (Wildman–Crippen LogP) is 0.798. The second-order valence-corrected chi connectivity index (χ2v) is 4.26. The van der Waals surface area contributed by atoms with Crippen molar-refractivity contribution in [1.82, 2.24) is 5.32 Å². The number of anilines is 1. The number of benzene rings is 1. The van der Waals surface area contributed by atoms with Crippen LogP contribution in [0.1, 0.15) is 18.0 Å². The highest BCUT2D eigenvalue weighted by atomic mass is 35.5. The van der Waals surface area contributed by atoms with Gasteiger partial charge in [0, 0.05) is 29.2 Å². The Kier molecular flexibility index (Phi) is 3.31. The molecular formula is C11H12ClN3O2. The van der Waals surface area contributed by atoms with Crippen LogP contribution in [0.5, 0.6) is 0 Å². The Balaban J connectivity index is 2.11. The fourth-order valence-electron chi connectivity index (χ4n) is 1.77. The molecule has 0 saturated heterocycles. The Labute approximate surface area is 103 Å². The van der Waals surface area contributed by atoms with Gasteiger partial charge in [-0.3, -0.25) is 9.59 Å². The second-order valence-electron chi connectivity index (χ2n) is 3.82. The number of amides is 2. The number of carbonyl (C=O) groups is 2. The quantitative estimate of drug-likeness (QED) is 0.742. The van der Waals surface area contributed by atoms with E-state index in [9.17, 15) is 9.59 Å². The molecule has 0 radical (unpaired) electrons. The SMILES string of the molecule is NC(=O)CCNC1C(=O)Nc2ccc(Cl)cc21. The third-order valence-electron chi connectivity index (χ3n) is 2.56. The van der Waals surface area contributed by atoms with Gasteiger partial charge < -0.3 is 16.4 Å². The van der Waals surface area contributed by atoms with Crippen LogP contribution in [0, 0.1) is 0 Å². The van der Waals surface area contributed by atoms with E-state index in [0.717, 1.165) is 11.3 Å². The zero-order chi connectivity index (χ0) is 12.4. The zero-order valence-electron chi connectivity index (χ0n) is 9.00. The second kappa shape index (κ2) is 4.73. The van der Waals surface area contributed by atoms with E-state index in [-0.39, 0.29) is 12.3 Å². The molecule has 0 bridgehead atoms. The summed E-state index contributed by atoms with van der Waals surface area (Å²) in [4.78, 5) is 22.3. The number of nitrogens with one attached hydrogen (secondary N) is 2. The number of nitrogens with two attached hydrogens (primary N) is 1. The third-order valence-corrected chi connectivity index (χ3v) is 2.80. The minimum Gasteiger partial charge on any atom is -0.370 e. The van der Waals surface area contributed by atoms with E-state index in [1.807, 2.05) is 0 Å². The normalized spacial score (nSPS) is 17.7. The third kappa shape index (κ3) is 2.57. The molecule has 5 nitrogen and oxygen atoms in total. The van der Waals surface area contributed by atoms with Crippen LogP contribution < -0.4 is 16.4 Å². The van der Waals surface area contributed by atoms with Crippen molar-refractivity contribution in [3.05, 3.63) is 28.8 Å². The van der Waals surface area contributed by atoms with Gasteiger partial charge in [-0.2, -0.15) is 0 Å². The van der Waals surface area contributed by atoms with Gasteiger partial charge >= 0.3 is 0 Å². The van der Waals surface area contributed by atoms with E-state index < -0.39 is 11.9 Å². The minimum absolute atomic E-state index is 0.147. The first-order valence-corrected chi connectivity index (χ1v) is 5.58. The van der Waals surface area contributed by atoms with Crippen LogP contribution in [0.2, 0.25) is 5.02 Å². The van der Waals surface area contributed by atoms with Crippen LogP contribution in [-0.4, -0.2) is 18.4 Å². The number of fused-ring (bicyclic) bond motifs is 1. The van der Waals surface area contributed by atoms with Crippen molar-refractivity contribution in [1.29, 1.82) is 0 Å². The first-order valence-electron chi connectivity index (χ1n) is 5.20. The summed E-state index contributed by atoms with van der Waals surface area (Å²) in [7, 11) is 0. The lowest BCUT2D eigenvalue weighted by molar-refractivity contribution is -0.119. The van der Waals surface area contributed by atoms with Gasteiger partial charge in [0.25, 0.3) is 0 Å². The largest absolute Gasteiger partial charge is 0.370 e. The molecule has 2 rings (SSSR count). The Morgan fingerprint density at radius 3 is 3.00 bits per heavy atom. The zero-order valence-corrected chi connectivity index (χ0v) is 9.75. The molecule has 4 N–H and O–H groups in total. The standard InChI is InChI=1S/C11H12ClN3O2/c12-6-1-2-8-7(5-6)10(11(17)15-8)14-4-3-9(13)16/h1-2,5,10,14H,3-4H2,(H2,13,16)(H,15,17). The van der Waals surface area contributed by atoms with E-state index in [2.05, 4.69) is 10.6 Å². The molecule has 6 heteroatoms. The molecule has 1 aliphatic heterocycles. The van der Waals surface area contributed by atoms with Gasteiger partial charge in [-0.25, -0.2) is 0 Å². The maximum atomic E-state index is 11.7. The Morgan fingerprint density at radius 2 is 2.29 bits per heavy atom. The maximum Gasteiger partial charge on any atom is 0.246 e. The summed E-state index contributed by atoms with van der Waals surface area (Å²) in [5.74, 6) is -0.547. The minimum atomic E-state index is -0.469. The molecule has 2 amide bonds. The highest BCUT2D eigenvalue weighted by Gasteiger charge is 2.29. The number of halogens is 1. The summed E-state index contributed by atoms with van der Waals surface area (Å²) in [6.07, 6.45) is 0.194. The number of hydrogen-bond donors (Lipinski definition) is 3. The van der Waals surface area contributed by atoms with Crippen molar-refractivity contribution in [3.8, 4) is 0 Å². The van der Waals surface area contributed by atoms with E-state index >= 15 is 0 Å². The molecule has 90 valence electrons. The Morgan fingerprint density at radius 1 is 1.53 bits per heavy atom. The van der Waals surface area contributed by atoms with Crippen molar-refractivity contribution in [2.24, 2.45) is 5.73 Å². The van der Waals surface area contributed by atoms with E-state index in [1.165, 1.54) is 0 Å². The van der Waals surface area contributed by atoms with Crippen molar-refractivity contribution in [3.63, 3.8) is 0 Å². The molecule has 1 aliphatic rings. The maximum absolute atomic E-state index is 11.7. The average molecular weight is 254 g/mol. The lowest BCUT2D eigenvalue weighted by Crippen LogP contribution is -2.30. The fraction of sp³-hybridized carbons (Fsp3) is 0.273. The van der Waals surface area contributed by atoms with Crippen LogP contribution in [0.25, 0.3) is 0 Å². The van der Waals surface area contributed by atoms with Gasteiger partial charge in [0.2, 0.25) is 11.8 Å². The van der Waals surface area contributed by atoms with Gasteiger partial charge in [-0.05, 0) is 18.2 Å². The lowest BCUT2D eigenvalue weighted by Gasteiger charge is -2.10. The molecule has 17 heavy (non-hydrogen) atoms. The van der Waals surface area contributed by atoms with Crippen molar-refractivity contribution < 1.29 is 9.59 Å². The van der Waals surface area contributed by atoms with Crippen LogP contribution in [-0.2, 0) is 9.59 Å². The number of hydrogen-bond acceptors (Lipinski definition) is 3. The average Bonchev–Trinajstić information content (AvgIpc) is 2.55. The molecule has 1 aromatic rings. The predicted molar refractivity (Wildman–Crippen MR) is 64.6 cm³/mol. The van der Waals surface area contributed by atoms with E-state index in [0.29, 0.717) is 11.6 Å².